The highest BCUT2D eigenvalue weighted by molar-refractivity contribution is 5.37. The predicted octanol–water partition coefficient (Wildman–Crippen LogP) is 2.70. The number of rotatable bonds is 4. The Morgan fingerprint density at radius 1 is 1.29 bits per heavy atom. The van der Waals surface area contributed by atoms with Gasteiger partial charge in [-0.05, 0) is 26.3 Å². The summed E-state index contributed by atoms with van der Waals surface area (Å²) < 4.78 is 5.47. The summed E-state index contributed by atoms with van der Waals surface area (Å²) >= 11 is 0. The van der Waals surface area contributed by atoms with Gasteiger partial charge < -0.3 is 9.84 Å². The smallest absolute Gasteiger partial charge is 0.125 e. The van der Waals surface area contributed by atoms with E-state index in [2.05, 4.69) is 0 Å². The van der Waals surface area contributed by atoms with Crippen molar-refractivity contribution in [1.29, 1.82) is 0 Å². The van der Waals surface area contributed by atoms with E-state index in [0.717, 1.165) is 11.3 Å². The normalized spacial score (nSPS) is 14.9. The minimum atomic E-state index is -0.800. The number of para-hydroxylation sites is 1. The molecular formula is C12H18O2. The molecule has 2 nitrogen and oxygen atoms in total. The van der Waals surface area contributed by atoms with Crippen molar-refractivity contribution in [3.63, 3.8) is 0 Å². The van der Waals surface area contributed by atoms with Crippen molar-refractivity contribution in [1.82, 2.24) is 0 Å². The molecule has 0 heterocycles. The van der Waals surface area contributed by atoms with E-state index in [1.807, 2.05) is 45.0 Å². The van der Waals surface area contributed by atoms with Crippen LogP contribution in [0.1, 0.15) is 32.8 Å². The minimum absolute atomic E-state index is 0.622. The zero-order valence-corrected chi connectivity index (χ0v) is 9.08. The zero-order valence-electron chi connectivity index (χ0n) is 9.08. The maximum Gasteiger partial charge on any atom is 0.125 e. The van der Waals surface area contributed by atoms with Crippen LogP contribution in [-0.4, -0.2) is 11.7 Å². The fourth-order valence-corrected chi connectivity index (χ4v) is 1.38. The third-order valence-electron chi connectivity index (χ3n) is 2.46. The van der Waals surface area contributed by atoms with E-state index >= 15 is 0 Å². The Hall–Kier alpha value is -1.02. The zero-order chi connectivity index (χ0) is 10.6. The van der Waals surface area contributed by atoms with Gasteiger partial charge in [0, 0.05) is 5.56 Å². The van der Waals surface area contributed by atoms with E-state index in [9.17, 15) is 5.11 Å². The van der Waals surface area contributed by atoms with Crippen LogP contribution in [0.15, 0.2) is 24.3 Å². The second kappa shape index (κ2) is 4.47. The van der Waals surface area contributed by atoms with E-state index in [1.165, 1.54) is 0 Å². The number of ether oxygens (including phenoxy) is 1. The number of aliphatic hydroxyl groups is 1. The molecule has 0 saturated heterocycles. The molecular weight excluding hydrogens is 176 g/mol. The molecule has 2 heteroatoms. The average Bonchev–Trinajstić information content (AvgIpc) is 2.19. The lowest BCUT2D eigenvalue weighted by atomic mass is 9.92. The fraction of sp³-hybridized carbons (Fsp3) is 0.500. The molecule has 0 spiro atoms. The first-order chi connectivity index (χ1) is 6.61. The lowest BCUT2D eigenvalue weighted by Crippen LogP contribution is -2.20. The first-order valence-corrected chi connectivity index (χ1v) is 5.06. The molecule has 0 bridgehead atoms. The highest BCUT2D eigenvalue weighted by Crippen LogP contribution is 2.31. The molecule has 1 rings (SSSR count). The number of hydrogen-bond donors (Lipinski definition) is 1. The molecule has 0 aliphatic rings. The maximum absolute atomic E-state index is 10.1. The maximum atomic E-state index is 10.1. The molecule has 1 unspecified atom stereocenters. The molecule has 0 fully saturated rings. The molecule has 1 aromatic rings. The monoisotopic (exact) mass is 194 g/mol. The largest absolute Gasteiger partial charge is 0.493 e. The van der Waals surface area contributed by atoms with Crippen LogP contribution in [0.25, 0.3) is 0 Å². The van der Waals surface area contributed by atoms with Crippen molar-refractivity contribution < 1.29 is 9.84 Å². The molecule has 0 radical (unpaired) electrons. The Balaban J connectivity index is 3.06. The van der Waals surface area contributed by atoms with Crippen LogP contribution in [0.3, 0.4) is 0 Å². The summed E-state index contributed by atoms with van der Waals surface area (Å²) in [5.41, 5.74) is 0.0653. The SMILES string of the molecule is CCOc1ccccc1C(C)(O)CC. The fourth-order valence-electron chi connectivity index (χ4n) is 1.38. The van der Waals surface area contributed by atoms with E-state index in [1.54, 1.807) is 0 Å². The molecule has 1 atom stereocenters. The summed E-state index contributed by atoms with van der Waals surface area (Å²) in [6, 6.07) is 7.64. The highest BCUT2D eigenvalue weighted by Gasteiger charge is 2.23. The quantitative estimate of drug-likeness (QED) is 0.798. The van der Waals surface area contributed by atoms with Crippen molar-refractivity contribution in [2.45, 2.75) is 32.8 Å². The van der Waals surface area contributed by atoms with Crippen LogP contribution in [0.4, 0.5) is 0 Å². The van der Waals surface area contributed by atoms with Crippen LogP contribution in [-0.2, 0) is 5.60 Å². The van der Waals surface area contributed by atoms with Gasteiger partial charge in [-0.2, -0.15) is 0 Å². The topological polar surface area (TPSA) is 29.5 Å². The molecule has 0 amide bonds. The Labute approximate surface area is 85.5 Å². The highest BCUT2D eigenvalue weighted by atomic mass is 16.5. The summed E-state index contributed by atoms with van der Waals surface area (Å²) in [5, 5.41) is 10.1. The molecule has 1 aromatic carbocycles. The molecule has 78 valence electrons. The average molecular weight is 194 g/mol. The van der Waals surface area contributed by atoms with Gasteiger partial charge >= 0.3 is 0 Å². The Bertz CT molecular complexity index is 292. The predicted molar refractivity (Wildman–Crippen MR) is 57.5 cm³/mol. The molecule has 1 N–H and O–H groups in total. The van der Waals surface area contributed by atoms with Crippen LogP contribution in [0.2, 0.25) is 0 Å². The van der Waals surface area contributed by atoms with Gasteiger partial charge in [0.1, 0.15) is 5.75 Å². The van der Waals surface area contributed by atoms with Gasteiger partial charge in [0.2, 0.25) is 0 Å². The van der Waals surface area contributed by atoms with Crippen molar-refractivity contribution in [3.8, 4) is 5.75 Å². The van der Waals surface area contributed by atoms with Gasteiger partial charge in [0.05, 0.1) is 12.2 Å². The van der Waals surface area contributed by atoms with E-state index in [0.29, 0.717) is 13.0 Å². The third-order valence-corrected chi connectivity index (χ3v) is 2.46. The summed E-state index contributed by atoms with van der Waals surface area (Å²) in [7, 11) is 0. The van der Waals surface area contributed by atoms with Gasteiger partial charge in [0.25, 0.3) is 0 Å². The molecule has 0 aliphatic heterocycles. The Morgan fingerprint density at radius 3 is 2.50 bits per heavy atom. The standard InChI is InChI=1S/C12H18O2/c1-4-12(3,13)10-8-6-7-9-11(10)14-5-2/h6-9,13H,4-5H2,1-3H3. The Kier molecular flexibility index (Phi) is 3.53. The van der Waals surface area contributed by atoms with Gasteiger partial charge in [-0.3, -0.25) is 0 Å². The van der Waals surface area contributed by atoms with Gasteiger partial charge in [0.15, 0.2) is 0 Å². The first-order valence-electron chi connectivity index (χ1n) is 5.06. The molecule has 0 aliphatic carbocycles. The Morgan fingerprint density at radius 2 is 1.93 bits per heavy atom. The lowest BCUT2D eigenvalue weighted by molar-refractivity contribution is 0.0499. The lowest BCUT2D eigenvalue weighted by Gasteiger charge is -2.24. The van der Waals surface area contributed by atoms with Crippen molar-refractivity contribution in [2.75, 3.05) is 6.61 Å². The summed E-state index contributed by atoms with van der Waals surface area (Å²) in [6.07, 6.45) is 0.678. The van der Waals surface area contributed by atoms with E-state index < -0.39 is 5.60 Å². The van der Waals surface area contributed by atoms with Crippen LogP contribution in [0.5, 0.6) is 5.75 Å². The second-order valence-electron chi connectivity index (χ2n) is 3.56. The number of benzene rings is 1. The molecule has 0 aromatic heterocycles. The van der Waals surface area contributed by atoms with Crippen LogP contribution in [0, 0.1) is 0 Å². The van der Waals surface area contributed by atoms with Crippen molar-refractivity contribution >= 4 is 0 Å². The number of hydrogen-bond acceptors (Lipinski definition) is 2. The summed E-state index contributed by atoms with van der Waals surface area (Å²) in [4.78, 5) is 0. The second-order valence-corrected chi connectivity index (χ2v) is 3.56. The van der Waals surface area contributed by atoms with Crippen molar-refractivity contribution in [2.24, 2.45) is 0 Å². The third kappa shape index (κ3) is 2.26. The van der Waals surface area contributed by atoms with Gasteiger partial charge in [-0.15, -0.1) is 0 Å². The van der Waals surface area contributed by atoms with Crippen molar-refractivity contribution in [3.05, 3.63) is 29.8 Å². The summed E-state index contributed by atoms with van der Waals surface area (Å²) in [6.45, 7) is 6.34. The minimum Gasteiger partial charge on any atom is -0.493 e. The van der Waals surface area contributed by atoms with Gasteiger partial charge in [-0.25, -0.2) is 0 Å². The van der Waals surface area contributed by atoms with Crippen LogP contribution < -0.4 is 4.74 Å². The van der Waals surface area contributed by atoms with Crippen LogP contribution >= 0.6 is 0 Å². The first kappa shape index (κ1) is 11.1. The van der Waals surface area contributed by atoms with E-state index in [4.69, 9.17) is 4.74 Å². The van der Waals surface area contributed by atoms with E-state index in [-0.39, 0.29) is 0 Å². The molecule has 0 saturated carbocycles. The van der Waals surface area contributed by atoms with Gasteiger partial charge in [-0.1, -0.05) is 25.1 Å². The summed E-state index contributed by atoms with van der Waals surface area (Å²) in [5.74, 6) is 0.779. The molecule has 14 heavy (non-hydrogen) atoms.